The van der Waals surface area contributed by atoms with Gasteiger partial charge in [-0.05, 0) is 36.4 Å². The van der Waals surface area contributed by atoms with Crippen molar-refractivity contribution in [1.82, 2.24) is 10.2 Å². The minimum absolute atomic E-state index is 0. The van der Waals surface area contributed by atoms with Crippen molar-refractivity contribution in [1.29, 1.82) is 0 Å². The summed E-state index contributed by atoms with van der Waals surface area (Å²) >= 11 is 0. The van der Waals surface area contributed by atoms with Crippen LogP contribution in [0.5, 0.6) is 0 Å². The predicted octanol–water partition coefficient (Wildman–Crippen LogP) is 7.75. The molecule has 0 radical (unpaired) electrons. The summed E-state index contributed by atoms with van der Waals surface area (Å²) < 4.78 is 43.4. The minimum Gasteiger partial charge on any atom is -0.421 e. The molecule has 0 spiro atoms. The number of para-hydroxylation sites is 1. The second-order valence-corrected chi connectivity index (χ2v) is 5.10. The van der Waals surface area contributed by atoms with Crippen molar-refractivity contribution >= 4 is 11.4 Å². The van der Waals surface area contributed by atoms with E-state index in [1.54, 1.807) is 12.1 Å². The molecule has 0 unspecified atom stereocenters. The summed E-state index contributed by atoms with van der Waals surface area (Å²) in [6, 6.07) is 12.1. The number of halogens is 3. The van der Waals surface area contributed by atoms with Gasteiger partial charge in [0.25, 0.3) is 0 Å². The second-order valence-electron chi connectivity index (χ2n) is 5.10. The monoisotopic (exact) mass is 409 g/mol. The zero-order chi connectivity index (χ0) is 21.2. The Bertz CT molecular complexity index is 828. The Hall–Kier alpha value is -2.83. The number of nitrogens with one attached hydrogen (secondary N) is 1. The van der Waals surface area contributed by atoms with Gasteiger partial charge in [0, 0.05) is 12.1 Å². The van der Waals surface area contributed by atoms with E-state index in [0.717, 1.165) is 12.1 Å². The number of aromatic nitrogens is 2. The van der Waals surface area contributed by atoms with Crippen molar-refractivity contribution in [2.75, 3.05) is 5.32 Å². The quantitative estimate of drug-likeness (QED) is 0.478. The average molecular weight is 409 g/mol. The van der Waals surface area contributed by atoms with Crippen LogP contribution in [0.1, 0.15) is 53.5 Å². The second kappa shape index (κ2) is 12.6. The molecule has 160 valence electrons. The van der Waals surface area contributed by atoms with Gasteiger partial charge in [-0.2, -0.15) is 13.2 Å². The van der Waals surface area contributed by atoms with Crippen LogP contribution < -0.4 is 5.32 Å². The minimum atomic E-state index is -4.35. The van der Waals surface area contributed by atoms with Gasteiger partial charge in [-0.15, -0.1) is 10.2 Å². The Kier molecular flexibility index (Phi) is 11.4. The Morgan fingerprint density at radius 1 is 0.897 bits per heavy atom. The lowest BCUT2D eigenvalue weighted by atomic mass is 10.1. The van der Waals surface area contributed by atoms with Crippen molar-refractivity contribution in [3.63, 3.8) is 0 Å². The first-order valence-electron chi connectivity index (χ1n) is 9.33. The summed E-state index contributed by atoms with van der Waals surface area (Å²) in [5.74, 6) is 0.885. The zero-order valence-electron chi connectivity index (χ0n) is 16.8. The first kappa shape index (κ1) is 26.2. The molecule has 3 rings (SSSR count). The van der Waals surface area contributed by atoms with Crippen LogP contribution in [0.15, 0.2) is 52.9 Å². The topological polar surface area (TPSA) is 51.0 Å². The molecular formula is C22H30F3N3O. The van der Waals surface area contributed by atoms with E-state index in [2.05, 4.69) is 15.5 Å². The van der Waals surface area contributed by atoms with Crippen molar-refractivity contribution < 1.29 is 17.6 Å². The number of alkyl halides is 3. The third-order valence-electron chi connectivity index (χ3n) is 3.42. The summed E-state index contributed by atoms with van der Waals surface area (Å²) in [4.78, 5) is 0. The largest absolute Gasteiger partial charge is 0.421 e. The maximum Gasteiger partial charge on any atom is 0.416 e. The van der Waals surface area contributed by atoms with Gasteiger partial charge in [-0.1, -0.05) is 54.2 Å². The highest BCUT2D eigenvalue weighted by molar-refractivity contribution is 5.76. The summed E-state index contributed by atoms with van der Waals surface area (Å²) in [5.41, 5.74) is 1.20. The van der Waals surface area contributed by atoms with E-state index in [-0.39, 0.29) is 7.43 Å². The van der Waals surface area contributed by atoms with E-state index in [1.165, 1.54) is 12.1 Å². The van der Waals surface area contributed by atoms with Crippen molar-refractivity contribution in [3.05, 3.63) is 60.0 Å². The highest BCUT2D eigenvalue weighted by Gasteiger charge is 2.29. The zero-order valence-corrected chi connectivity index (χ0v) is 16.8. The molecular weight excluding hydrogens is 379 g/mol. The Labute approximate surface area is 171 Å². The lowest BCUT2D eigenvalue weighted by Crippen LogP contribution is -2.04. The first-order valence-corrected chi connectivity index (χ1v) is 9.33. The van der Waals surface area contributed by atoms with E-state index in [9.17, 15) is 13.2 Å². The average Bonchev–Trinajstić information content (AvgIpc) is 3.20. The molecule has 0 aliphatic heterocycles. The van der Waals surface area contributed by atoms with E-state index >= 15 is 0 Å². The normalized spacial score (nSPS) is 9.93. The number of anilines is 2. The highest BCUT2D eigenvalue weighted by atomic mass is 19.4. The third kappa shape index (κ3) is 7.25. The van der Waals surface area contributed by atoms with E-state index in [1.807, 2.05) is 46.8 Å². The molecule has 1 heterocycles. The molecule has 29 heavy (non-hydrogen) atoms. The Morgan fingerprint density at radius 3 is 2.00 bits per heavy atom. The number of rotatable bonds is 4. The highest BCUT2D eigenvalue weighted by Crippen LogP contribution is 2.32. The third-order valence-corrected chi connectivity index (χ3v) is 3.42. The molecule has 7 heteroatoms. The van der Waals surface area contributed by atoms with E-state index in [4.69, 9.17) is 4.42 Å². The van der Waals surface area contributed by atoms with Gasteiger partial charge in [-0.25, -0.2) is 0 Å². The smallest absolute Gasteiger partial charge is 0.416 e. The number of benzene rings is 2. The maximum absolute atomic E-state index is 12.6. The predicted molar refractivity (Wildman–Crippen MR) is 113 cm³/mol. The molecule has 0 amide bonds. The fourth-order valence-electron chi connectivity index (χ4n) is 2.18. The van der Waals surface area contributed by atoms with Crippen LogP contribution in [0, 0.1) is 0 Å². The lowest BCUT2D eigenvalue weighted by Gasteiger charge is -2.11. The van der Waals surface area contributed by atoms with Crippen LogP contribution >= 0.6 is 0 Å². The molecule has 0 fully saturated rings. The summed E-state index contributed by atoms with van der Waals surface area (Å²) in [7, 11) is 0. The van der Waals surface area contributed by atoms with Crippen molar-refractivity contribution in [3.8, 4) is 11.5 Å². The van der Waals surface area contributed by atoms with Crippen LogP contribution in [0.2, 0.25) is 0 Å². The molecule has 0 aliphatic rings. The van der Waals surface area contributed by atoms with E-state index in [0.29, 0.717) is 35.1 Å². The summed E-state index contributed by atoms with van der Waals surface area (Å²) in [5, 5.41) is 11.0. The van der Waals surface area contributed by atoms with Gasteiger partial charge in [0.2, 0.25) is 11.8 Å². The SMILES string of the molecule is C.CC.CC.CCc1nnc(-c2ccccc2Nc2ccc(C(F)(F)F)cc2)o1. The summed E-state index contributed by atoms with van der Waals surface area (Å²) in [6.45, 7) is 9.91. The van der Waals surface area contributed by atoms with Crippen molar-refractivity contribution in [2.45, 2.75) is 54.6 Å². The number of nitrogens with zero attached hydrogens (tertiary/aromatic N) is 2. The molecule has 1 aromatic heterocycles. The first-order chi connectivity index (χ1) is 13.5. The molecule has 3 aromatic rings. The van der Waals surface area contributed by atoms with Crippen LogP contribution in [-0.4, -0.2) is 10.2 Å². The van der Waals surface area contributed by atoms with Gasteiger partial charge in [0.15, 0.2) is 0 Å². The van der Waals surface area contributed by atoms with Crippen LogP contribution in [0.3, 0.4) is 0 Å². The van der Waals surface area contributed by atoms with Gasteiger partial charge in [-0.3, -0.25) is 0 Å². The number of hydrogen-bond acceptors (Lipinski definition) is 4. The fourth-order valence-corrected chi connectivity index (χ4v) is 2.18. The molecule has 0 aliphatic carbocycles. The van der Waals surface area contributed by atoms with Gasteiger partial charge in [0.1, 0.15) is 0 Å². The van der Waals surface area contributed by atoms with Crippen LogP contribution in [0.25, 0.3) is 11.5 Å². The van der Waals surface area contributed by atoms with Gasteiger partial charge in [0.05, 0.1) is 16.8 Å². The van der Waals surface area contributed by atoms with Gasteiger partial charge >= 0.3 is 6.18 Å². The molecule has 0 saturated carbocycles. The molecule has 2 aromatic carbocycles. The standard InChI is InChI=1S/C17H14F3N3O.2C2H6.CH4/c1-2-15-22-23-16(24-15)13-5-3-4-6-14(13)21-12-9-7-11(8-10-12)17(18,19)20;2*1-2;/h3-10,21H,2H2,1H3;2*1-2H3;1H4. The van der Waals surface area contributed by atoms with E-state index < -0.39 is 11.7 Å². The molecule has 0 bridgehead atoms. The molecule has 0 saturated heterocycles. The number of hydrogen-bond donors (Lipinski definition) is 1. The molecule has 0 atom stereocenters. The van der Waals surface area contributed by atoms with Crippen molar-refractivity contribution in [2.24, 2.45) is 0 Å². The van der Waals surface area contributed by atoms with Gasteiger partial charge < -0.3 is 9.73 Å². The Morgan fingerprint density at radius 2 is 1.48 bits per heavy atom. The van der Waals surface area contributed by atoms with Crippen LogP contribution in [0.4, 0.5) is 24.5 Å². The maximum atomic E-state index is 12.6. The van der Waals surface area contributed by atoms with Crippen LogP contribution in [-0.2, 0) is 12.6 Å². The lowest BCUT2D eigenvalue weighted by molar-refractivity contribution is -0.137. The molecule has 1 N–H and O–H groups in total. The Balaban J connectivity index is 0.00000148. The fraction of sp³-hybridized carbons (Fsp3) is 0.364. The summed E-state index contributed by atoms with van der Waals surface area (Å²) in [6.07, 6.45) is -3.72. The number of aryl methyl sites for hydroxylation is 1. The molecule has 4 nitrogen and oxygen atoms in total.